The molecule has 1 N–H and O–H groups in total. The molecule has 2 aromatic heterocycles. The van der Waals surface area contributed by atoms with Crippen LogP contribution >= 0.6 is 0 Å². The van der Waals surface area contributed by atoms with Gasteiger partial charge >= 0.3 is 0 Å². The standard InChI is InChI=1S/C16H13NO/c1-9-7-11-8-10(2)18-16(11)15-14(9)12-5-3-4-6-13(12)17-15/h3-8,17H,1-2H3. The molecule has 0 aliphatic heterocycles. The smallest absolute Gasteiger partial charge is 0.158 e. The molecule has 0 saturated carbocycles. The van der Waals surface area contributed by atoms with E-state index < -0.39 is 0 Å². The maximum atomic E-state index is 5.83. The Morgan fingerprint density at radius 1 is 1.06 bits per heavy atom. The number of rotatable bonds is 0. The average molecular weight is 235 g/mol. The molecule has 0 bridgehead atoms. The van der Waals surface area contributed by atoms with Crippen molar-refractivity contribution >= 4 is 32.8 Å². The number of hydrogen-bond donors (Lipinski definition) is 1. The van der Waals surface area contributed by atoms with Crippen LogP contribution in [0.25, 0.3) is 32.8 Å². The van der Waals surface area contributed by atoms with Crippen molar-refractivity contribution in [1.29, 1.82) is 0 Å². The number of benzene rings is 2. The zero-order chi connectivity index (χ0) is 12.3. The van der Waals surface area contributed by atoms with E-state index in [4.69, 9.17) is 4.42 Å². The monoisotopic (exact) mass is 235 g/mol. The van der Waals surface area contributed by atoms with Gasteiger partial charge in [-0.2, -0.15) is 0 Å². The van der Waals surface area contributed by atoms with Gasteiger partial charge in [0.25, 0.3) is 0 Å². The van der Waals surface area contributed by atoms with Crippen LogP contribution in [0.2, 0.25) is 0 Å². The molecule has 0 saturated heterocycles. The Labute approximate surface area is 104 Å². The Kier molecular flexibility index (Phi) is 1.72. The molecule has 0 radical (unpaired) electrons. The van der Waals surface area contributed by atoms with Gasteiger partial charge in [0.05, 0.1) is 5.52 Å². The lowest BCUT2D eigenvalue weighted by Gasteiger charge is -1.98. The molecular formula is C16H13NO. The third-order valence-corrected chi connectivity index (χ3v) is 3.58. The zero-order valence-corrected chi connectivity index (χ0v) is 10.4. The van der Waals surface area contributed by atoms with Crippen LogP contribution in [0.5, 0.6) is 0 Å². The lowest BCUT2D eigenvalue weighted by atomic mass is 10.1. The number of aryl methyl sites for hydroxylation is 2. The molecular weight excluding hydrogens is 222 g/mol. The molecule has 0 atom stereocenters. The van der Waals surface area contributed by atoms with Crippen molar-refractivity contribution in [3.05, 3.63) is 47.7 Å². The highest BCUT2D eigenvalue weighted by Gasteiger charge is 2.13. The van der Waals surface area contributed by atoms with Crippen molar-refractivity contribution in [3.8, 4) is 0 Å². The molecule has 2 heterocycles. The number of fused-ring (bicyclic) bond motifs is 5. The first-order chi connectivity index (χ1) is 8.74. The van der Waals surface area contributed by atoms with Crippen LogP contribution in [0.15, 0.2) is 40.8 Å². The second-order valence-corrected chi connectivity index (χ2v) is 4.89. The van der Waals surface area contributed by atoms with Gasteiger partial charge in [0, 0.05) is 21.7 Å². The Hall–Kier alpha value is -2.22. The molecule has 4 rings (SSSR count). The maximum Gasteiger partial charge on any atom is 0.158 e. The van der Waals surface area contributed by atoms with Gasteiger partial charge in [-0.1, -0.05) is 18.2 Å². The highest BCUT2D eigenvalue weighted by atomic mass is 16.3. The summed E-state index contributed by atoms with van der Waals surface area (Å²) in [7, 11) is 0. The zero-order valence-electron chi connectivity index (χ0n) is 10.4. The Balaban J connectivity index is 2.37. The van der Waals surface area contributed by atoms with E-state index in [0.29, 0.717) is 0 Å². The summed E-state index contributed by atoms with van der Waals surface area (Å²) in [6.45, 7) is 4.15. The molecule has 0 aliphatic rings. The van der Waals surface area contributed by atoms with E-state index in [9.17, 15) is 0 Å². The summed E-state index contributed by atoms with van der Waals surface area (Å²) < 4.78 is 5.83. The lowest BCUT2D eigenvalue weighted by molar-refractivity contribution is 0.581. The SMILES string of the molecule is Cc1cc2cc(C)c3c4ccccc4[nH]c3c2o1. The molecule has 4 aromatic rings. The van der Waals surface area contributed by atoms with Crippen molar-refractivity contribution in [2.75, 3.05) is 0 Å². The van der Waals surface area contributed by atoms with Gasteiger partial charge in [-0.25, -0.2) is 0 Å². The number of hydrogen-bond acceptors (Lipinski definition) is 1. The maximum absolute atomic E-state index is 5.83. The van der Waals surface area contributed by atoms with Crippen LogP contribution in [0.1, 0.15) is 11.3 Å². The van der Waals surface area contributed by atoms with Crippen molar-refractivity contribution in [2.45, 2.75) is 13.8 Å². The van der Waals surface area contributed by atoms with Crippen LogP contribution in [0.3, 0.4) is 0 Å². The Bertz CT molecular complexity index is 896. The molecule has 0 unspecified atom stereocenters. The van der Waals surface area contributed by atoms with Gasteiger partial charge in [0.15, 0.2) is 5.58 Å². The predicted molar refractivity (Wildman–Crippen MR) is 75.1 cm³/mol. The minimum Gasteiger partial charge on any atom is -0.459 e. The molecule has 0 aliphatic carbocycles. The van der Waals surface area contributed by atoms with E-state index >= 15 is 0 Å². The van der Waals surface area contributed by atoms with Gasteiger partial charge in [-0.15, -0.1) is 0 Å². The third kappa shape index (κ3) is 1.12. The van der Waals surface area contributed by atoms with E-state index in [1.807, 2.05) is 6.92 Å². The minimum atomic E-state index is 0.954. The molecule has 18 heavy (non-hydrogen) atoms. The summed E-state index contributed by atoms with van der Waals surface area (Å²) in [4.78, 5) is 3.48. The van der Waals surface area contributed by atoms with Gasteiger partial charge in [-0.05, 0) is 37.6 Å². The summed E-state index contributed by atoms with van der Waals surface area (Å²) in [5.41, 5.74) is 4.52. The van der Waals surface area contributed by atoms with Crippen LogP contribution in [0, 0.1) is 13.8 Å². The molecule has 2 heteroatoms. The summed E-state index contributed by atoms with van der Waals surface area (Å²) >= 11 is 0. The van der Waals surface area contributed by atoms with Gasteiger partial charge in [-0.3, -0.25) is 0 Å². The number of aromatic amines is 1. The molecule has 2 nitrogen and oxygen atoms in total. The minimum absolute atomic E-state index is 0.954. The van der Waals surface area contributed by atoms with Gasteiger partial charge in [0.2, 0.25) is 0 Å². The number of H-pyrrole nitrogens is 1. The van der Waals surface area contributed by atoms with E-state index in [1.165, 1.54) is 21.7 Å². The number of furan rings is 1. The van der Waals surface area contributed by atoms with E-state index in [-0.39, 0.29) is 0 Å². The fourth-order valence-electron chi connectivity index (χ4n) is 2.86. The van der Waals surface area contributed by atoms with Crippen LogP contribution in [-0.2, 0) is 0 Å². The van der Waals surface area contributed by atoms with Crippen molar-refractivity contribution < 1.29 is 4.42 Å². The number of para-hydroxylation sites is 1. The highest BCUT2D eigenvalue weighted by Crippen LogP contribution is 2.35. The van der Waals surface area contributed by atoms with E-state index in [2.05, 4.69) is 48.3 Å². The first-order valence-electron chi connectivity index (χ1n) is 6.14. The first kappa shape index (κ1) is 9.77. The fraction of sp³-hybridized carbons (Fsp3) is 0.125. The fourth-order valence-corrected chi connectivity index (χ4v) is 2.86. The number of aromatic nitrogens is 1. The van der Waals surface area contributed by atoms with Crippen LogP contribution in [-0.4, -0.2) is 4.98 Å². The second kappa shape index (κ2) is 3.16. The summed E-state index contributed by atoms with van der Waals surface area (Å²) in [5, 5.41) is 3.71. The molecule has 0 fully saturated rings. The summed E-state index contributed by atoms with van der Waals surface area (Å²) in [6, 6.07) is 12.7. The predicted octanol–water partition coefficient (Wildman–Crippen LogP) is 4.68. The first-order valence-corrected chi connectivity index (χ1v) is 6.14. The Morgan fingerprint density at radius 3 is 2.78 bits per heavy atom. The quantitative estimate of drug-likeness (QED) is 0.471. The molecule has 2 aromatic carbocycles. The molecule has 0 spiro atoms. The average Bonchev–Trinajstić information content (AvgIpc) is 2.89. The lowest BCUT2D eigenvalue weighted by Crippen LogP contribution is -1.76. The van der Waals surface area contributed by atoms with E-state index in [0.717, 1.165) is 22.4 Å². The summed E-state index contributed by atoms with van der Waals surface area (Å²) in [6.07, 6.45) is 0. The van der Waals surface area contributed by atoms with Gasteiger partial charge in [0.1, 0.15) is 5.76 Å². The number of nitrogens with one attached hydrogen (secondary N) is 1. The van der Waals surface area contributed by atoms with Crippen LogP contribution in [0.4, 0.5) is 0 Å². The normalized spacial score (nSPS) is 11.9. The topological polar surface area (TPSA) is 28.9 Å². The van der Waals surface area contributed by atoms with E-state index in [1.54, 1.807) is 0 Å². The molecule has 88 valence electrons. The van der Waals surface area contributed by atoms with Crippen molar-refractivity contribution in [1.82, 2.24) is 4.98 Å². The second-order valence-electron chi connectivity index (χ2n) is 4.89. The largest absolute Gasteiger partial charge is 0.459 e. The Morgan fingerprint density at radius 2 is 1.89 bits per heavy atom. The highest BCUT2D eigenvalue weighted by molar-refractivity contribution is 6.16. The van der Waals surface area contributed by atoms with Crippen LogP contribution < -0.4 is 0 Å². The van der Waals surface area contributed by atoms with Crippen molar-refractivity contribution in [2.24, 2.45) is 0 Å². The van der Waals surface area contributed by atoms with Crippen molar-refractivity contribution in [3.63, 3.8) is 0 Å². The van der Waals surface area contributed by atoms with Gasteiger partial charge < -0.3 is 9.40 Å². The third-order valence-electron chi connectivity index (χ3n) is 3.58. The molecule has 0 amide bonds. The summed E-state index contributed by atoms with van der Waals surface area (Å²) in [5.74, 6) is 0.954.